The van der Waals surface area contributed by atoms with Gasteiger partial charge in [0.1, 0.15) is 5.58 Å². The van der Waals surface area contributed by atoms with E-state index < -0.39 is 0 Å². The Hall–Kier alpha value is -2.35. The maximum Gasteiger partial charge on any atom is 0.336 e. The van der Waals surface area contributed by atoms with Gasteiger partial charge in [0.05, 0.1) is 0 Å². The molecule has 0 aliphatic carbocycles. The van der Waals surface area contributed by atoms with E-state index in [4.69, 9.17) is 4.42 Å². The first-order valence-electron chi connectivity index (χ1n) is 6.26. The van der Waals surface area contributed by atoms with Gasteiger partial charge in [-0.1, -0.05) is 42.5 Å². The minimum Gasteiger partial charge on any atom is -0.422 e. The van der Waals surface area contributed by atoms with Crippen LogP contribution in [0.2, 0.25) is 0 Å². The van der Waals surface area contributed by atoms with Gasteiger partial charge < -0.3 is 4.42 Å². The van der Waals surface area contributed by atoms with E-state index in [1.54, 1.807) is 6.07 Å². The molecule has 0 aliphatic heterocycles. The molecule has 0 unspecified atom stereocenters. The summed E-state index contributed by atoms with van der Waals surface area (Å²) in [5, 5.41) is 0.980. The van der Waals surface area contributed by atoms with Crippen molar-refractivity contribution < 1.29 is 4.42 Å². The summed E-state index contributed by atoms with van der Waals surface area (Å²) in [6.45, 7) is 4.00. The van der Waals surface area contributed by atoms with Gasteiger partial charge in [0, 0.05) is 11.5 Å². The van der Waals surface area contributed by atoms with Crippen LogP contribution in [-0.4, -0.2) is 0 Å². The molecule has 0 radical (unpaired) electrons. The van der Waals surface area contributed by atoms with Gasteiger partial charge in [0.15, 0.2) is 0 Å². The minimum atomic E-state index is -0.306. The quantitative estimate of drug-likeness (QED) is 0.609. The number of fused-ring (bicyclic) bond motifs is 1. The topological polar surface area (TPSA) is 30.2 Å². The Morgan fingerprint density at radius 1 is 0.947 bits per heavy atom. The van der Waals surface area contributed by atoms with Gasteiger partial charge >= 0.3 is 5.63 Å². The maximum atomic E-state index is 11.8. The van der Waals surface area contributed by atoms with E-state index in [1.165, 1.54) is 0 Å². The SMILES string of the molecule is Cc1ccc2c(-c3ccccc3)cc(=O)oc2c1C. The number of hydrogen-bond acceptors (Lipinski definition) is 2. The summed E-state index contributed by atoms with van der Waals surface area (Å²) >= 11 is 0. The van der Waals surface area contributed by atoms with Crippen LogP contribution in [0.3, 0.4) is 0 Å². The van der Waals surface area contributed by atoms with Crippen molar-refractivity contribution in [3.8, 4) is 11.1 Å². The number of benzene rings is 2. The predicted octanol–water partition coefficient (Wildman–Crippen LogP) is 4.08. The lowest BCUT2D eigenvalue weighted by Crippen LogP contribution is -1.99. The van der Waals surface area contributed by atoms with Crippen LogP contribution in [0.4, 0.5) is 0 Å². The Labute approximate surface area is 111 Å². The Bertz CT molecular complexity index is 799. The molecule has 0 amide bonds. The average molecular weight is 250 g/mol. The Kier molecular flexibility index (Phi) is 2.71. The van der Waals surface area contributed by atoms with Gasteiger partial charge in [-0.05, 0) is 36.1 Å². The molecule has 3 rings (SSSR count). The predicted molar refractivity (Wildman–Crippen MR) is 77.4 cm³/mol. The highest BCUT2D eigenvalue weighted by Gasteiger charge is 2.10. The van der Waals surface area contributed by atoms with Crippen LogP contribution in [0.1, 0.15) is 11.1 Å². The molecule has 0 spiro atoms. The van der Waals surface area contributed by atoms with Crippen LogP contribution in [-0.2, 0) is 0 Å². The molecule has 0 aliphatic rings. The zero-order valence-electron chi connectivity index (χ0n) is 10.9. The fourth-order valence-electron chi connectivity index (χ4n) is 2.32. The van der Waals surface area contributed by atoms with Crippen LogP contribution in [0.15, 0.2) is 57.7 Å². The summed E-state index contributed by atoms with van der Waals surface area (Å²) in [5.74, 6) is 0. The summed E-state index contributed by atoms with van der Waals surface area (Å²) < 4.78 is 5.38. The molecular formula is C17H14O2. The first-order valence-corrected chi connectivity index (χ1v) is 6.26. The van der Waals surface area contributed by atoms with E-state index in [0.29, 0.717) is 5.58 Å². The highest BCUT2D eigenvalue weighted by molar-refractivity contribution is 5.95. The number of rotatable bonds is 1. The Morgan fingerprint density at radius 3 is 2.42 bits per heavy atom. The Morgan fingerprint density at radius 2 is 1.68 bits per heavy atom. The van der Waals surface area contributed by atoms with Gasteiger partial charge in [-0.3, -0.25) is 0 Å². The van der Waals surface area contributed by atoms with Crippen molar-refractivity contribution in [2.75, 3.05) is 0 Å². The van der Waals surface area contributed by atoms with E-state index in [9.17, 15) is 4.79 Å². The first kappa shape index (κ1) is 11.7. The molecule has 1 heterocycles. The van der Waals surface area contributed by atoms with Crippen LogP contribution in [0, 0.1) is 13.8 Å². The summed E-state index contributed by atoms with van der Waals surface area (Å²) in [6, 6.07) is 15.5. The molecule has 2 nitrogen and oxygen atoms in total. The number of hydrogen-bond donors (Lipinski definition) is 0. The molecule has 94 valence electrons. The zero-order valence-corrected chi connectivity index (χ0v) is 10.9. The monoisotopic (exact) mass is 250 g/mol. The zero-order chi connectivity index (χ0) is 13.4. The third kappa shape index (κ3) is 1.95. The van der Waals surface area contributed by atoms with Crippen molar-refractivity contribution in [2.45, 2.75) is 13.8 Å². The smallest absolute Gasteiger partial charge is 0.336 e. The largest absolute Gasteiger partial charge is 0.422 e. The van der Waals surface area contributed by atoms with E-state index in [1.807, 2.05) is 50.2 Å². The molecule has 0 saturated carbocycles. The second-order valence-electron chi connectivity index (χ2n) is 4.73. The number of aryl methyl sites for hydroxylation is 2. The second-order valence-corrected chi connectivity index (χ2v) is 4.73. The highest BCUT2D eigenvalue weighted by atomic mass is 16.4. The summed E-state index contributed by atoms with van der Waals surface area (Å²) in [7, 11) is 0. The van der Waals surface area contributed by atoms with Gasteiger partial charge in [0.2, 0.25) is 0 Å². The van der Waals surface area contributed by atoms with E-state index >= 15 is 0 Å². The molecule has 0 atom stereocenters. The second kappa shape index (κ2) is 4.39. The van der Waals surface area contributed by atoms with Crippen molar-refractivity contribution in [3.05, 3.63) is 70.1 Å². The lowest BCUT2D eigenvalue weighted by molar-refractivity contribution is 0.559. The van der Waals surface area contributed by atoms with E-state index in [0.717, 1.165) is 27.6 Å². The first-order chi connectivity index (χ1) is 9.16. The summed E-state index contributed by atoms with van der Waals surface area (Å²) in [5.41, 5.74) is 4.48. The standard InChI is InChI=1S/C17H14O2/c1-11-8-9-14-15(13-6-4-3-5-7-13)10-16(18)19-17(14)12(11)2/h3-10H,1-2H3. The molecule has 1 aromatic heterocycles. The average Bonchev–Trinajstić information content (AvgIpc) is 2.44. The molecule has 2 heteroatoms. The van der Waals surface area contributed by atoms with Crippen molar-refractivity contribution in [1.82, 2.24) is 0 Å². The minimum absolute atomic E-state index is 0.306. The molecule has 0 saturated heterocycles. The third-order valence-electron chi connectivity index (χ3n) is 3.52. The van der Waals surface area contributed by atoms with Crippen LogP contribution in [0.25, 0.3) is 22.1 Å². The molecule has 19 heavy (non-hydrogen) atoms. The van der Waals surface area contributed by atoms with Crippen LogP contribution in [0.5, 0.6) is 0 Å². The molecule has 0 N–H and O–H groups in total. The van der Waals surface area contributed by atoms with Crippen molar-refractivity contribution in [1.29, 1.82) is 0 Å². The maximum absolute atomic E-state index is 11.8. The fraction of sp³-hybridized carbons (Fsp3) is 0.118. The Balaban J connectivity index is 2.44. The molecule has 2 aromatic carbocycles. The molecular weight excluding hydrogens is 236 g/mol. The van der Waals surface area contributed by atoms with Gasteiger partial charge in [0.25, 0.3) is 0 Å². The van der Waals surface area contributed by atoms with Crippen LogP contribution < -0.4 is 5.63 Å². The summed E-state index contributed by atoms with van der Waals surface area (Å²) in [6.07, 6.45) is 0. The lowest BCUT2D eigenvalue weighted by atomic mass is 9.98. The molecule has 3 aromatic rings. The van der Waals surface area contributed by atoms with E-state index in [-0.39, 0.29) is 5.63 Å². The van der Waals surface area contributed by atoms with Gasteiger partial charge in [-0.15, -0.1) is 0 Å². The van der Waals surface area contributed by atoms with E-state index in [2.05, 4.69) is 6.07 Å². The van der Waals surface area contributed by atoms with Crippen LogP contribution >= 0.6 is 0 Å². The van der Waals surface area contributed by atoms with Gasteiger partial charge in [-0.2, -0.15) is 0 Å². The third-order valence-corrected chi connectivity index (χ3v) is 3.52. The highest BCUT2D eigenvalue weighted by Crippen LogP contribution is 2.29. The summed E-state index contributed by atoms with van der Waals surface area (Å²) in [4.78, 5) is 11.8. The molecule has 0 fully saturated rings. The van der Waals surface area contributed by atoms with Crippen molar-refractivity contribution >= 4 is 11.0 Å². The lowest BCUT2D eigenvalue weighted by Gasteiger charge is -2.08. The van der Waals surface area contributed by atoms with Gasteiger partial charge in [-0.25, -0.2) is 4.79 Å². The fourth-order valence-corrected chi connectivity index (χ4v) is 2.32. The normalized spacial score (nSPS) is 10.8. The molecule has 0 bridgehead atoms. The van der Waals surface area contributed by atoms with Crippen molar-refractivity contribution in [2.24, 2.45) is 0 Å². The van der Waals surface area contributed by atoms with Crippen molar-refractivity contribution in [3.63, 3.8) is 0 Å².